The van der Waals surface area contributed by atoms with E-state index in [0.29, 0.717) is 5.82 Å². The topological polar surface area (TPSA) is 84.6 Å². The second kappa shape index (κ2) is 6.81. The molecule has 0 bridgehead atoms. The minimum absolute atomic E-state index is 0.104. The lowest BCUT2D eigenvalue weighted by molar-refractivity contribution is 0.0995. The first kappa shape index (κ1) is 17.7. The van der Waals surface area contributed by atoms with Crippen molar-refractivity contribution in [3.05, 3.63) is 47.4 Å². The Bertz CT molecular complexity index is 859. The zero-order valence-corrected chi connectivity index (χ0v) is 15.8. The molecule has 27 heavy (non-hydrogen) atoms. The molecule has 2 aromatic rings. The molecule has 1 amide bonds. The Morgan fingerprint density at radius 3 is 2.74 bits per heavy atom. The molecule has 1 aromatic heterocycles. The number of aromatic nitrogens is 2. The minimum atomic E-state index is -0.549. The van der Waals surface area contributed by atoms with Crippen LogP contribution in [0.4, 0.5) is 5.82 Å². The van der Waals surface area contributed by atoms with Crippen molar-refractivity contribution in [2.24, 2.45) is 5.73 Å². The standard InChI is InChI=1S/C20H25N5O2/c1-20(2)10-15-9-14(3-4-17(15)27-20)13-24-5-7-25(8-6-24)18-12-22-11-16(23-18)19(21)26/h3-4,9,11-12H,5-8,10,13H2,1-2H3,(H2,21,26). The maximum absolute atomic E-state index is 11.3. The van der Waals surface area contributed by atoms with Crippen molar-refractivity contribution in [3.63, 3.8) is 0 Å². The molecule has 2 aliphatic rings. The van der Waals surface area contributed by atoms with Crippen LogP contribution in [0.3, 0.4) is 0 Å². The number of hydrogen-bond acceptors (Lipinski definition) is 6. The number of rotatable bonds is 4. The molecular formula is C20H25N5O2. The molecule has 7 nitrogen and oxygen atoms in total. The van der Waals surface area contributed by atoms with Gasteiger partial charge in [0.15, 0.2) is 0 Å². The third-order valence-corrected chi connectivity index (χ3v) is 5.10. The molecule has 1 fully saturated rings. The van der Waals surface area contributed by atoms with Crippen LogP contribution >= 0.6 is 0 Å². The molecule has 0 aliphatic carbocycles. The molecule has 7 heteroatoms. The molecule has 0 atom stereocenters. The highest BCUT2D eigenvalue weighted by Gasteiger charge is 2.30. The molecule has 3 heterocycles. The summed E-state index contributed by atoms with van der Waals surface area (Å²) in [5.74, 6) is 1.18. The van der Waals surface area contributed by atoms with E-state index in [1.807, 2.05) is 0 Å². The molecule has 1 saturated heterocycles. The predicted molar refractivity (Wildman–Crippen MR) is 103 cm³/mol. The van der Waals surface area contributed by atoms with Crippen molar-refractivity contribution in [1.82, 2.24) is 14.9 Å². The van der Waals surface area contributed by atoms with Gasteiger partial charge in [-0.25, -0.2) is 4.98 Å². The van der Waals surface area contributed by atoms with Crippen molar-refractivity contribution in [3.8, 4) is 5.75 Å². The predicted octanol–water partition coefficient (Wildman–Crippen LogP) is 1.61. The molecule has 2 aliphatic heterocycles. The van der Waals surface area contributed by atoms with Gasteiger partial charge in [0, 0.05) is 39.1 Å². The maximum Gasteiger partial charge on any atom is 0.268 e. The van der Waals surface area contributed by atoms with Crippen LogP contribution in [0.15, 0.2) is 30.6 Å². The quantitative estimate of drug-likeness (QED) is 0.884. The second-order valence-corrected chi connectivity index (χ2v) is 7.87. The number of ether oxygens (including phenoxy) is 1. The molecular weight excluding hydrogens is 342 g/mol. The lowest BCUT2D eigenvalue weighted by Gasteiger charge is -2.35. The molecule has 0 unspecified atom stereocenters. The van der Waals surface area contributed by atoms with Crippen LogP contribution in [-0.4, -0.2) is 52.6 Å². The van der Waals surface area contributed by atoms with Crippen molar-refractivity contribution >= 4 is 11.7 Å². The minimum Gasteiger partial charge on any atom is -0.487 e. The summed E-state index contributed by atoms with van der Waals surface area (Å²) in [6, 6.07) is 6.53. The van der Waals surface area contributed by atoms with Gasteiger partial charge in [-0.2, -0.15) is 0 Å². The maximum atomic E-state index is 11.3. The van der Waals surface area contributed by atoms with Gasteiger partial charge in [0.05, 0.1) is 12.4 Å². The van der Waals surface area contributed by atoms with Gasteiger partial charge in [-0.1, -0.05) is 12.1 Å². The number of anilines is 1. The van der Waals surface area contributed by atoms with Crippen LogP contribution in [-0.2, 0) is 13.0 Å². The van der Waals surface area contributed by atoms with Gasteiger partial charge in [-0.3, -0.25) is 14.7 Å². The first-order valence-corrected chi connectivity index (χ1v) is 9.30. The van der Waals surface area contributed by atoms with Crippen LogP contribution in [0.1, 0.15) is 35.5 Å². The number of hydrogen-bond donors (Lipinski definition) is 1. The summed E-state index contributed by atoms with van der Waals surface area (Å²) in [6.07, 6.45) is 4.05. The van der Waals surface area contributed by atoms with Gasteiger partial charge in [0.25, 0.3) is 5.91 Å². The number of piperazine rings is 1. The highest BCUT2D eigenvalue weighted by molar-refractivity contribution is 5.90. The normalized spacial score (nSPS) is 18.8. The van der Waals surface area contributed by atoms with E-state index in [4.69, 9.17) is 10.5 Å². The Hall–Kier alpha value is -2.67. The molecule has 2 N–H and O–H groups in total. The molecule has 0 saturated carbocycles. The number of carbonyl (C=O) groups excluding carboxylic acids is 1. The van der Waals surface area contributed by atoms with E-state index in [2.05, 4.69) is 51.8 Å². The number of fused-ring (bicyclic) bond motifs is 1. The van der Waals surface area contributed by atoms with Crippen LogP contribution < -0.4 is 15.4 Å². The van der Waals surface area contributed by atoms with Crippen molar-refractivity contribution in [2.75, 3.05) is 31.1 Å². The van der Waals surface area contributed by atoms with E-state index in [-0.39, 0.29) is 11.3 Å². The Kier molecular flexibility index (Phi) is 4.47. The zero-order valence-electron chi connectivity index (χ0n) is 15.8. The number of nitrogens with zero attached hydrogens (tertiary/aromatic N) is 4. The molecule has 4 rings (SSSR count). The molecule has 142 valence electrons. The summed E-state index contributed by atoms with van der Waals surface area (Å²) < 4.78 is 5.96. The lowest BCUT2D eigenvalue weighted by Crippen LogP contribution is -2.46. The van der Waals surface area contributed by atoms with E-state index in [1.54, 1.807) is 6.20 Å². The summed E-state index contributed by atoms with van der Waals surface area (Å²) >= 11 is 0. The number of benzene rings is 1. The summed E-state index contributed by atoms with van der Waals surface area (Å²) in [5, 5.41) is 0. The van der Waals surface area contributed by atoms with E-state index < -0.39 is 5.91 Å². The van der Waals surface area contributed by atoms with E-state index in [1.165, 1.54) is 17.3 Å². The van der Waals surface area contributed by atoms with E-state index in [0.717, 1.165) is 44.9 Å². The van der Waals surface area contributed by atoms with Crippen LogP contribution in [0.25, 0.3) is 0 Å². The summed E-state index contributed by atoms with van der Waals surface area (Å²) in [7, 11) is 0. The Balaban J connectivity index is 1.37. The van der Waals surface area contributed by atoms with E-state index >= 15 is 0 Å². The van der Waals surface area contributed by atoms with E-state index in [9.17, 15) is 4.79 Å². The SMILES string of the molecule is CC1(C)Cc2cc(CN3CCN(c4cncc(C(N)=O)n4)CC3)ccc2O1. The van der Waals surface area contributed by atoms with Gasteiger partial charge < -0.3 is 15.4 Å². The first-order chi connectivity index (χ1) is 12.9. The van der Waals surface area contributed by atoms with Gasteiger partial charge in [0.2, 0.25) is 0 Å². The second-order valence-electron chi connectivity index (χ2n) is 7.87. The number of amides is 1. The van der Waals surface area contributed by atoms with Crippen LogP contribution in [0, 0.1) is 0 Å². The summed E-state index contributed by atoms with van der Waals surface area (Å²) in [6.45, 7) is 8.73. The zero-order chi connectivity index (χ0) is 19.0. The largest absolute Gasteiger partial charge is 0.487 e. The first-order valence-electron chi connectivity index (χ1n) is 9.30. The molecule has 1 aromatic carbocycles. The fourth-order valence-corrected chi connectivity index (χ4v) is 3.78. The number of carbonyl (C=O) groups is 1. The third kappa shape index (κ3) is 3.88. The smallest absolute Gasteiger partial charge is 0.268 e. The van der Waals surface area contributed by atoms with Gasteiger partial charge in [-0.15, -0.1) is 0 Å². The average molecular weight is 367 g/mol. The number of primary amides is 1. The van der Waals surface area contributed by atoms with Crippen molar-refractivity contribution in [2.45, 2.75) is 32.4 Å². The van der Waals surface area contributed by atoms with Crippen LogP contribution in [0.2, 0.25) is 0 Å². The highest BCUT2D eigenvalue weighted by atomic mass is 16.5. The third-order valence-electron chi connectivity index (χ3n) is 5.10. The fourth-order valence-electron chi connectivity index (χ4n) is 3.78. The van der Waals surface area contributed by atoms with Crippen LogP contribution in [0.5, 0.6) is 5.75 Å². The molecule has 0 spiro atoms. The van der Waals surface area contributed by atoms with Crippen molar-refractivity contribution in [1.29, 1.82) is 0 Å². The summed E-state index contributed by atoms with van der Waals surface area (Å²) in [5.41, 5.74) is 8.02. The van der Waals surface area contributed by atoms with Crippen molar-refractivity contribution < 1.29 is 9.53 Å². The lowest BCUT2D eigenvalue weighted by atomic mass is 10.00. The fraction of sp³-hybridized carbons (Fsp3) is 0.450. The van der Waals surface area contributed by atoms with Gasteiger partial charge >= 0.3 is 0 Å². The van der Waals surface area contributed by atoms with Gasteiger partial charge in [0.1, 0.15) is 22.9 Å². The average Bonchev–Trinajstić information content (AvgIpc) is 2.95. The summed E-state index contributed by atoms with van der Waals surface area (Å²) in [4.78, 5) is 24.3. The Morgan fingerprint density at radius 2 is 2.00 bits per heavy atom. The molecule has 0 radical (unpaired) electrons. The van der Waals surface area contributed by atoms with Gasteiger partial charge in [-0.05, 0) is 31.0 Å². The monoisotopic (exact) mass is 367 g/mol. The highest BCUT2D eigenvalue weighted by Crippen LogP contribution is 2.35. The number of nitrogens with two attached hydrogens (primary N) is 1. The Morgan fingerprint density at radius 1 is 1.22 bits per heavy atom. The Labute approximate surface area is 159 Å².